The lowest BCUT2D eigenvalue weighted by molar-refractivity contribution is -0.156. The maximum absolute atomic E-state index is 12.4. The van der Waals surface area contributed by atoms with E-state index >= 15 is 0 Å². The second kappa shape index (κ2) is 7.47. The average molecular weight is 361 g/mol. The van der Waals surface area contributed by atoms with Gasteiger partial charge in [-0.2, -0.15) is 18.3 Å². The molecule has 130 valence electrons. The van der Waals surface area contributed by atoms with Crippen molar-refractivity contribution in [3.8, 4) is 0 Å². The molecule has 10 heteroatoms. The maximum atomic E-state index is 12.4. The average Bonchev–Trinajstić information content (AvgIpc) is 3.14. The number of nitrogens with one attached hydrogen (secondary N) is 1. The lowest BCUT2D eigenvalue weighted by Gasteiger charge is -2.13. The molecule has 0 saturated carbocycles. The minimum Gasteiger partial charge on any atom is -0.451 e. The Morgan fingerprint density at radius 1 is 1.42 bits per heavy atom. The lowest BCUT2D eigenvalue weighted by atomic mass is 10.3. The smallest absolute Gasteiger partial charge is 0.435 e. The molecular weight excluding hydrogens is 347 g/mol. The number of thiophene rings is 1. The number of nitrogens with zero attached hydrogens (tertiary/aromatic N) is 2. The van der Waals surface area contributed by atoms with Crippen LogP contribution in [-0.4, -0.2) is 27.8 Å². The number of aromatic nitrogens is 2. The largest absolute Gasteiger partial charge is 0.451 e. The van der Waals surface area contributed by atoms with Crippen LogP contribution in [0.5, 0.6) is 0 Å². The molecule has 0 bridgehead atoms. The summed E-state index contributed by atoms with van der Waals surface area (Å²) in [5.41, 5.74) is -1.10. The molecule has 2 aromatic rings. The van der Waals surface area contributed by atoms with Crippen molar-refractivity contribution >= 4 is 23.2 Å². The highest BCUT2D eigenvalue weighted by Crippen LogP contribution is 2.27. The zero-order chi connectivity index (χ0) is 17.7. The molecule has 1 atom stereocenters. The summed E-state index contributed by atoms with van der Waals surface area (Å²) in [6, 6.07) is 4.44. The zero-order valence-electron chi connectivity index (χ0n) is 12.5. The number of hydrogen-bond acceptors (Lipinski definition) is 5. The number of alkyl halides is 3. The second-order valence-electron chi connectivity index (χ2n) is 4.83. The van der Waals surface area contributed by atoms with E-state index in [1.165, 1.54) is 18.3 Å². The van der Waals surface area contributed by atoms with Gasteiger partial charge in [-0.25, -0.2) is 0 Å². The van der Waals surface area contributed by atoms with Crippen LogP contribution in [0.3, 0.4) is 0 Å². The molecule has 1 N–H and O–H groups in total. The molecule has 0 aliphatic heterocycles. The summed E-state index contributed by atoms with van der Waals surface area (Å²) >= 11 is 1.47. The predicted octanol–water partition coefficient (Wildman–Crippen LogP) is 2.21. The van der Waals surface area contributed by atoms with E-state index in [4.69, 9.17) is 4.74 Å². The van der Waals surface area contributed by atoms with Crippen molar-refractivity contribution in [2.24, 2.45) is 0 Å². The van der Waals surface area contributed by atoms with Crippen molar-refractivity contribution < 1.29 is 27.5 Å². The van der Waals surface area contributed by atoms with Gasteiger partial charge in [-0.3, -0.25) is 14.3 Å². The van der Waals surface area contributed by atoms with Crippen LogP contribution in [0, 0.1) is 0 Å². The lowest BCUT2D eigenvalue weighted by Crippen LogP contribution is -2.36. The van der Waals surface area contributed by atoms with Gasteiger partial charge in [-0.1, -0.05) is 6.07 Å². The Morgan fingerprint density at radius 2 is 2.17 bits per heavy atom. The molecule has 1 unspecified atom stereocenters. The third-order valence-corrected chi connectivity index (χ3v) is 3.79. The number of carbonyl (C=O) groups is 2. The molecule has 0 saturated heterocycles. The zero-order valence-corrected chi connectivity index (χ0v) is 13.4. The number of hydrogen-bond donors (Lipinski definition) is 1. The van der Waals surface area contributed by atoms with Gasteiger partial charge in [0.1, 0.15) is 6.54 Å². The summed E-state index contributed by atoms with van der Waals surface area (Å²) in [6.07, 6.45) is -4.62. The van der Waals surface area contributed by atoms with Crippen LogP contribution in [0.15, 0.2) is 29.8 Å². The van der Waals surface area contributed by atoms with Crippen molar-refractivity contribution in [2.45, 2.75) is 32.3 Å². The maximum Gasteiger partial charge on any atom is 0.435 e. The molecule has 2 heterocycles. The number of amides is 1. The van der Waals surface area contributed by atoms with Crippen molar-refractivity contribution in [2.75, 3.05) is 0 Å². The summed E-state index contributed by atoms with van der Waals surface area (Å²) in [5, 5.41) is 7.70. The van der Waals surface area contributed by atoms with Gasteiger partial charge in [-0.15, -0.1) is 11.3 Å². The summed E-state index contributed by atoms with van der Waals surface area (Å²) in [6.45, 7) is 1.18. The van der Waals surface area contributed by atoms with E-state index < -0.39 is 36.4 Å². The topological polar surface area (TPSA) is 73.2 Å². The highest BCUT2D eigenvalue weighted by Gasteiger charge is 2.33. The number of esters is 1. The van der Waals surface area contributed by atoms with Gasteiger partial charge in [0.05, 0.1) is 6.54 Å². The van der Waals surface area contributed by atoms with Crippen LogP contribution in [0.2, 0.25) is 0 Å². The first-order valence-electron chi connectivity index (χ1n) is 6.86. The van der Waals surface area contributed by atoms with Gasteiger partial charge in [-0.05, 0) is 24.4 Å². The van der Waals surface area contributed by atoms with Crippen molar-refractivity contribution in [3.63, 3.8) is 0 Å². The summed E-state index contributed by atoms with van der Waals surface area (Å²) in [7, 11) is 0. The van der Waals surface area contributed by atoms with Crippen LogP contribution in [0.4, 0.5) is 13.2 Å². The standard InChI is InChI=1S/C14H14F3N3O3S/c1-9(13(22)18-7-10-3-2-6-24-10)23-12(21)8-20-5-4-11(19-20)14(15,16)17/h2-6,9H,7-8H2,1H3,(H,18,22). The van der Waals surface area contributed by atoms with Crippen LogP contribution in [-0.2, 0) is 33.6 Å². The van der Waals surface area contributed by atoms with Gasteiger partial charge in [0.2, 0.25) is 0 Å². The monoisotopic (exact) mass is 361 g/mol. The Kier molecular flexibility index (Phi) is 5.60. The Balaban J connectivity index is 1.80. The van der Waals surface area contributed by atoms with E-state index in [0.717, 1.165) is 21.8 Å². The van der Waals surface area contributed by atoms with Crippen LogP contribution >= 0.6 is 11.3 Å². The SMILES string of the molecule is CC(OC(=O)Cn1ccc(C(F)(F)F)n1)C(=O)NCc1cccs1. The fourth-order valence-electron chi connectivity index (χ4n) is 1.75. The molecule has 2 aromatic heterocycles. The van der Waals surface area contributed by atoms with E-state index in [2.05, 4.69) is 10.4 Å². The van der Waals surface area contributed by atoms with Crippen molar-refractivity contribution in [1.82, 2.24) is 15.1 Å². The Hall–Kier alpha value is -2.36. The minimum atomic E-state index is -4.58. The fraction of sp³-hybridized carbons (Fsp3) is 0.357. The first-order valence-corrected chi connectivity index (χ1v) is 7.74. The van der Waals surface area contributed by atoms with E-state index in [-0.39, 0.29) is 0 Å². The number of ether oxygens (including phenoxy) is 1. The van der Waals surface area contributed by atoms with E-state index in [9.17, 15) is 22.8 Å². The molecule has 0 aromatic carbocycles. The second-order valence-corrected chi connectivity index (χ2v) is 5.86. The molecule has 2 rings (SSSR count). The molecule has 0 spiro atoms. The van der Waals surface area contributed by atoms with Gasteiger partial charge >= 0.3 is 12.1 Å². The van der Waals surface area contributed by atoms with Crippen LogP contribution < -0.4 is 5.32 Å². The normalized spacial score (nSPS) is 12.7. The summed E-state index contributed by atoms with van der Waals surface area (Å²) in [4.78, 5) is 24.4. The van der Waals surface area contributed by atoms with Gasteiger partial charge < -0.3 is 10.1 Å². The van der Waals surface area contributed by atoms with Crippen molar-refractivity contribution in [3.05, 3.63) is 40.3 Å². The van der Waals surface area contributed by atoms with Crippen LogP contribution in [0.1, 0.15) is 17.5 Å². The van der Waals surface area contributed by atoms with E-state index in [1.54, 1.807) is 0 Å². The van der Waals surface area contributed by atoms with E-state index in [1.807, 2.05) is 17.5 Å². The molecule has 24 heavy (non-hydrogen) atoms. The molecular formula is C14H14F3N3O3S. The van der Waals surface area contributed by atoms with Gasteiger partial charge in [0, 0.05) is 11.1 Å². The third-order valence-electron chi connectivity index (χ3n) is 2.92. The highest BCUT2D eigenvalue weighted by atomic mass is 32.1. The number of halogens is 3. The molecule has 0 aliphatic rings. The molecule has 0 radical (unpaired) electrons. The summed E-state index contributed by atoms with van der Waals surface area (Å²) in [5.74, 6) is -1.35. The minimum absolute atomic E-state index is 0.312. The quantitative estimate of drug-likeness (QED) is 0.801. The molecule has 0 aliphatic carbocycles. The van der Waals surface area contributed by atoms with Gasteiger partial charge in [0.15, 0.2) is 11.8 Å². The Bertz CT molecular complexity index is 698. The Labute approximate surface area is 139 Å². The predicted molar refractivity (Wildman–Crippen MR) is 78.9 cm³/mol. The fourth-order valence-corrected chi connectivity index (χ4v) is 2.40. The molecule has 6 nitrogen and oxygen atoms in total. The highest BCUT2D eigenvalue weighted by molar-refractivity contribution is 7.09. The molecule has 1 amide bonds. The number of rotatable bonds is 6. The van der Waals surface area contributed by atoms with Crippen molar-refractivity contribution in [1.29, 1.82) is 0 Å². The van der Waals surface area contributed by atoms with Gasteiger partial charge in [0.25, 0.3) is 5.91 Å². The van der Waals surface area contributed by atoms with Crippen LogP contribution in [0.25, 0.3) is 0 Å². The molecule has 0 fully saturated rings. The number of carbonyl (C=O) groups excluding carboxylic acids is 2. The third kappa shape index (κ3) is 5.08. The Morgan fingerprint density at radius 3 is 2.75 bits per heavy atom. The first-order chi connectivity index (χ1) is 11.3. The summed E-state index contributed by atoms with van der Waals surface area (Å²) < 4.78 is 42.9. The first kappa shape index (κ1) is 18.0. The van der Waals surface area contributed by atoms with E-state index in [0.29, 0.717) is 6.54 Å².